The summed E-state index contributed by atoms with van der Waals surface area (Å²) in [4.78, 5) is 16.0. The SMILES string of the molecule is CN1CCC(C(=O)NC2CCc3nnc(-c4cnn(C)c4)n3CC2)(c2ccccc2)CC1. The Hall–Kier alpha value is -3.00. The fraction of sp³-hybridized carbons (Fsp3) is 0.500. The van der Waals surface area contributed by atoms with Crippen LogP contribution in [0.5, 0.6) is 0 Å². The van der Waals surface area contributed by atoms with Crippen LogP contribution in [0.15, 0.2) is 42.7 Å². The standard InChI is InChI=1S/C24H31N7O/c1-29-14-11-24(12-15-29,19-6-4-3-5-7-19)23(32)26-20-8-9-21-27-28-22(31(21)13-10-20)18-16-25-30(2)17-18/h3-7,16-17,20H,8-15H2,1-2H3,(H,26,32). The van der Waals surface area contributed by atoms with E-state index >= 15 is 0 Å². The molecular formula is C24H31N7O. The predicted octanol–water partition coefficient (Wildman–Crippen LogP) is 2.16. The number of benzene rings is 1. The highest BCUT2D eigenvalue weighted by molar-refractivity contribution is 5.88. The molecule has 8 nitrogen and oxygen atoms in total. The van der Waals surface area contributed by atoms with Crippen LogP contribution in [0.1, 0.15) is 37.1 Å². The van der Waals surface area contributed by atoms with Crippen molar-refractivity contribution in [3.63, 3.8) is 0 Å². The fourth-order valence-corrected chi connectivity index (χ4v) is 5.11. The minimum Gasteiger partial charge on any atom is -0.353 e. The van der Waals surface area contributed by atoms with Gasteiger partial charge >= 0.3 is 0 Å². The van der Waals surface area contributed by atoms with Crippen molar-refractivity contribution in [2.75, 3.05) is 20.1 Å². The number of carbonyl (C=O) groups excluding carboxylic acids is 1. The summed E-state index contributed by atoms with van der Waals surface area (Å²) in [7, 11) is 4.04. The molecule has 2 aliphatic heterocycles. The molecule has 3 aromatic rings. The number of hydrogen-bond acceptors (Lipinski definition) is 5. The van der Waals surface area contributed by atoms with E-state index in [9.17, 15) is 4.79 Å². The Kier molecular flexibility index (Phi) is 5.55. The van der Waals surface area contributed by atoms with Gasteiger partial charge in [-0.2, -0.15) is 5.10 Å². The van der Waals surface area contributed by atoms with Crippen LogP contribution < -0.4 is 5.32 Å². The molecule has 1 fully saturated rings. The van der Waals surface area contributed by atoms with Crippen LogP contribution in [0.2, 0.25) is 0 Å². The first kappa shape index (κ1) is 20.9. The monoisotopic (exact) mass is 433 g/mol. The smallest absolute Gasteiger partial charge is 0.230 e. The Morgan fingerprint density at radius 1 is 1.06 bits per heavy atom. The first-order valence-corrected chi connectivity index (χ1v) is 11.5. The van der Waals surface area contributed by atoms with Gasteiger partial charge in [-0.05, 0) is 51.4 Å². The summed E-state index contributed by atoms with van der Waals surface area (Å²) in [6.45, 7) is 2.66. The first-order chi connectivity index (χ1) is 15.5. The topological polar surface area (TPSA) is 80.9 Å². The number of fused-ring (bicyclic) bond motifs is 1. The predicted molar refractivity (Wildman–Crippen MR) is 122 cm³/mol. The number of carbonyl (C=O) groups is 1. The number of aryl methyl sites for hydroxylation is 2. The van der Waals surface area contributed by atoms with Gasteiger partial charge in [0.1, 0.15) is 5.82 Å². The van der Waals surface area contributed by atoms with Gasteiger partial charge in [0, 0.05) is 32.3 Å². The van der Waals surface area contributed by atoms with Gasteiger partial charge in [-0.25, -0.2) is 0 Å². The molecule has 1 atom stereocenters. The Morgan fingerprint density at radius 2 is 1.84 bits per heavy atom. The van der Waals surface area contributed by atoms with Crippen LogP contribution in [0, 0.1) is 0 Å². The molecule has 1 N–H and O–H groups in total. The van der Waals surface area contributed by atoms with E-state index in [-0.39, 0.29) is 11.9 Å². The van der Waals surface area contributed by atoms with E-state index in [1.165, 1.54) is 0 Å². The van der Waals surface area contributed by atoms with E-state index in [4.69, 9.17) is 0 Å². The molecule has 1 aromatic carbocycles. The molecule has 1 saturated heterocycles. The Labute approximate surface area is 188 Å². The third kappa shape index (κ3) is 3.83. The quantitative estimate of drug-likeness (QED) is 0.682. The summed E-state index contributed by atoms with van der Waals surface area (Å²) in [6.07, 6.45) is 8.04. The van der Waals surface area contributed by atoms with Crippen molar-refractivity contribution in [2.24, 2.45) is 7.05 Å². The van der Waals surface area contributed by atoms with Gasteiger partial charge in [0.25, 0.3) is 0 Å². The molecule has 0 aliphatic carbocycles. The average molecular weight is 434 g/mol. The van der Waals surface area contributed by atoms with Crippen molar-refractivity contribution in [1.29, 1.82) is 0 Å². The molecule has 2 aromatic heterocycles. The number of amides is 1. The summed E-state index contributed by atoms with van der Waals surface area (Å²) in [5.74, 6) is 2.01. The van der Waals surface area contributed by atoms with E-state index < -0.39 is 5.41 Å². The van der Waals surface area contributed by atoms with Gasteiger partial charge in [0.15, 0.2) is 5.82 Å². The third-order valence-electron chi connectivity index (χ3n) is 7.14. The number of piperidine rings is 1. The minimum absolute atomic E-state index is 0.131. The lowest BCUT2D eigenvalue weighted by atomic mass is 9.72. The Bertz CT molecular complexity index is 1080. The number of nitrogens with one attached hydrogen (secondary N) is 1. The van der Waals surface area contributed by atoms with Gasteiger partial charge in [-0.1, -0.05) is 30.3 Å². The third-order valence-corrected chi connectivity index (χ3v) is 7.14. The summed E-state index contributed by atoms with van der Waals surface area (Å²) in [5, 5.41) is 16.5. The Morgan fingerprint density at radius 3 is 2.56 bits per heavy atom. The molecule has 8 heteroatoms. The second-order valence-corrected chi connectivity index (χ2v) is 9.24. The van der Waals surface area contributed by atoms with Crippen molar-refractivity contribution in [1.82, 2.24) is 34.8 Å². The van der Waals surface area contributed by atoms with Crippen molar-refractivity contribution in [2.45, 2.75) is 50.1 Å². The van der Waals surface area contributed by atoms with E-state index in [1.807, 2.05) is 37.6 Å². The molecule has 4 heterocycles. The van der Waals surface area contributed by atoms with E-state index in [2.05, 4.69) is 49.3 Å². The molecule has 1 unspecified atom stereocenters. The zero-order valence-corrected chi connectivity index (χ0v) is 18.9. The molecule has 1 amide bonds. The number of hydrogen-bond donors (Lipinski definition) is 1. The second-order valence-electron chi connectivity index (χ2n) is 9.24. The van der Waals surface area contributed by atoms with Gasteiger partial charge in [-0.3, -0.25) is 9.48 Å². The summed E-state index contributed by atoms with van der Waals surface area (Å²) in [5.41, 5.74) is 1.66. The second kappa shape index (κ2) is 8.50. The summed E-state index contributed by atoms with van der Waals surface area (Å²) in [6, 6.07) is 10.5. The van der Waals surface area contributed by atoms with Crippen molar-refractivity contribution >= 4 is 5.91 Å². The van der Waals surface area contributed by atoms with Crippen LogP contribution in [0.25, 0.3) is 11.4 Å². The molecule has 0 bridgehead atoms. The zero-order valence-electron chi connectivity index (χ0n) is 18.9. The summed E-state index contributed by atoms with van der Waals surface area (Å²) < 4.78 is 3.97. The van der Waals surface area contributed by atoms with Crippen molar-refractivity contribution in [3.8, 4) is 11.4 Å². The average Bonchev–Trinajstić information content (AvgIpc) is 3.37. The largest absolute Gasteiger partial charge is 0.353 e. The molecule has 168 valence electrons. The molecule has 0 spiro atoms. The maximum absolute atomic E-state index is 13.7. The van der Waals surface area contributed by atoms with E-state index in [0.29, 0.717) is 0 Å². The van der Waals surface area contributed by atoms with Crippen LogP contribution in [0.3, 0.4) is 0 Å². The van der Waals surface area contributed by atoms with Crippen LogP contribution in [-0.4, -0.2) is 61.5 Å². The lowest BCUT2D eigenvalue weighted by Gasteiger charge is -2.40. The normalized spacial score (nSPS) is 21.0. The lowest BCUT2D eigenvalue weighted by molar-refractivity contribution is -0.129. The van der Waals surface area contributed by atoms with E-state index in [0.717, 1.165) is 74.5 Å². The molecular weight excluding hydrogens is 402 g/mol. The zero-order chi connectivity index (χ0) is 22.1. The Balaban J connectivity index is 1.32. The van der Waals surface area contributed by atoms with Crippen LogP contribution >= 0.6 is 0 Å². The molecule has 5 rings (SSSR count). The summed E-state index contributed by atoms with van der Waals surface area (Å²) >= 11 is 0. The maximum atomic E-state index is 13.7. The molecule has 2 aliphatic rings. The molecule has 32 heavy (non-hydrogen) atoms. The van der Waals surface area contributed by atoms with Crippen molar-refractivity contribution in [3.05, 3.63) is 54.1 Å². The fourth-order valence-electron chi connectivity index (χ4n) is 5.11. The number of nitrogens with zero attached hydrogens (tertiary/aromatic N) is 6. The highest BCUT2D eigenvalue weighted by atomic mass is 16.2. The van der Waals surface area contributed by atoms with Crippen LogP contribution in [-0.2, 0) is 30.2 Å². The van der Waals surface area contributed by atoms with Gasteiger partial charge < -0.3 is 14.8 Å². The maximum Gasteiger partial charge on any atom is 0.230 e. The highest BCUT2D eigenvalue weighted by Gasteiger charge is 2.43. The molecule has 0 saturated carbocycles. The molecule has 0 radical (unpaired) electrons. The van der Waals surface area contributed by atoms with Crippen LogP contribution in [0.4, 0.5) is 0 Å². The minimum atomic E-state index is -0.448. The van der Waals surface area contributed by atoms with E-state index in [1.54, 1.807) is 4.68 Å². The van der Waals surface area contributed by atoms with Gasteiger partial charge in [0.2, 0.25) is 5.91 Å². The van der Waals surface area contributed by atoms with Gasteiger partial charge in [0.05, 0.1) is 17.2 Å². The number of rotatable bonds is 4. The van der Waals surface area contributed by atoms with Crippen molar-refractivity contribution < 1.29 is 4.79 Å². The van der Waals surface area contributed by atoms with Gasteiger partial charge in [-0.15, -0.1) is 10.2 Å². The number of aromatic nitrogens is 5. The lowest BCUT2D eigenvalue weighted by Crippen LogP contribution is -2.53. The number of likely N-dealkylation sites (tertiary alicyclic amines) is 1. The highest BCUT2D eigenvalue weighted by Crippen LogP contribution is 2.36. The first-order valence-electron chi connectivity index (χ1n) is 11.5.